The number of carbonyl (C=O) groups excluding carboxylic acids is 1. The van der Waals surface area contributed by atoms with Crippen LogP contribution in [0.5, 0.6) is 5.75 Å². The third-order valence-electron chi connectivity index (χ3n) is 3.77. The molecule has 2 aromatic carbocycles. The van der Waals surface area contributed by atoms with E-state index in [0.717, 1.165) is 0 Å². The fraction of sp³-hybridized carbons (Fsp3) is 0.211. The summed E-state index contributed by atoms with van der Waals surface area (Å²) in [4.78, 5) is 15.6. The first kappa shape index (κ1) is 18.6. The second-order valence-corrected chi connectivity index (χ2v) is 5.83. The minimum absolute atomic E-state index is 0.120. The Kier molecular flexibility index (Phi) is 5.25. The molecule has 0 saturated carbocycles. The summed E-state index contributed by atoms with van der Waals surface area (Å²) in [5.74, 6) is -1.08. The summed E-state index contributed by atoms with van der Waals surface area (Å²) in [7, 11) is 0. The van der Waals surface area contributed by atoms with Gasteiger partial charge in [0.15, 0.2) is 11.9 Å². The van der Waals surface area contributed by atoms with Gasteiger partial charge in [0.1, 0.15) is 5.75 Å². The summed E-state index contributed by atoms with van der Waals surface area (Å²) in [5.41, 5.74) is 1.06. The topological polar surface area (TPSA) is 65.2 Å². The Morgan fingerprint density at radius 1 is 1.11 bits per heavy atom. The van der Waals surface area contributed by atoms with Crippen LogP contribution in [0.25, 0.3) is 11.4 Å². The molecule has 1 atom stereocenters. The van der Waals surface area contributed by atoms with Gasteiger partial charge < -0.3 is 9.26 Å². The number of carbonyl (C=O) groups is 1. The van der Waals surface area contributed by atoms with Crippen molar-refractivity contribution >= 4 is 5.78 Å². The number of hydrogen-bond acceptors (Lipinski definition) is 5. The van der Waals surface area contributed by atoms with Crippen molar-refractivity contribution in [1.29, 1.82) is 0 Å². The number of ether oxygens (including phenoxy) is 1. The highest BCUT2D eigenvalue weighted by molar-refractivity contribution is 5.85. The Hall–Kier alpha value is -3.16. The maximum Gasteiger partial charge on any atom is 0.471 e. The molecular formula is C19H15F3N2O3. The number of nitrogens with zero attached hydrogens (tertiary/aromatic N) is 2. The maximum atomic E-state index is 12.5. The third-order valence-corrected chi connectivity index (χ3v) is 3.77. The Bertz CT molecular complexity index is 906. The zero-order valence-corrected chi connectivity index (χ0v) is 14.2. The predicted octanol–water partition coefficient (Wildman–Crippen LogP) is 4.33. The first-order valence-electron chi connectivity index (χ1n) is 8.07. The highest BCUT2D eigenvalue weighted by atomic mass is 19.4. The normalized spacial score (nSPS) is 12.6. The first-order valence-corrected chi connectivity index (χ1v) is 8.07. The molecule has 0 aliphatic carbocycles. The van der Waals surface area contributed by atoms with Gasteiger partial charge in [-0.1, -0.05) is 47.6 Å². The van der Waals surface area contributed by atoms with Crippen molar-refractivity contribution < 1.29 is 27.2 Å². The Morgan fingerprint density at radius 3 is 2.37 bits per heavy atom. The Labute approximate surface area is 152 Å². The average molecular weight is 376 g/mol. The van der Waals surface area contributed by atoms with Gasteiger partial charge in [-0.3, -0.25) is 4.79 Å². The minimum Gasteiger partial charge on any atom is -0.483 e. The van der Waals surface area contributed by atoms with Gasteiger partial charge in [-0.05, 0) is 24.6 Å². The number of halogens is 3. The lowest BCUT2D eigenvalue weighted by Crippen LogP contribution is -2.25. The summed E-state index contributed by atoms with van der Waals surface area (Å²) >= 11 is 0. The quantitative estimate of drug-likeness (QED) is 0.641. The number of ketones is 1. The van der Waals surface area contributed by atoms with Crippen molar-refractivity contribution in [1.82, 2.24) is 10.1 Å². The van der Waals surface area contributed by atoms with Crippen molar-refractivity contribution in [3.8, 4) is 17.1 Å². The van der Waals surface area contributed by atoms with E-state index in [1.165, 1.54) is 12.1 Å². The molecule has 0 spiro atoms. The fourth-order valence-corrected chi connectivity index (χ4v) is 2.34. The van der Waals surface area contributed by atoms with Crippen LogP contribution in [0.2, 0.25) is 0 Å². The van der Waals surface area contributed by atoms with E-state index < -0.39 is 18.2 Å². The smallest absolute Gasteiger partial charge is 0.471 e. The van der Waals surface area contributed by atoms with Crippen LogP contribution in [0.1, 0.15) is 18.4 Å². The molecule has 8 heteroatoms. The molecule has 0 amide bonds. The SMILES string of the molecule is CC(Oc1ccccc1)C(=O)Cc1ccc(-c2noc(C(F)(F)F)n2)cc1. The number of aromatic nitrogens is 2. The zero-order valence-electron chi connectivity index (χ0n) is 14.2. The van der Waals surface area contributed by atoms with E-state index in [1.807, 2.05) is 18.2 Å². The highest BCUT2D eigenvalue weighted by Crippen LogP contribution is 2.29. The fourth-order valence-electron chi connectivity index (χ4n) is 2.34. The monoisotopic (exact) mass is 376 g/mol. The molecular weight excluding hydrogens is 361 g/mol. The van der Waals surface area contributed by atoms with Gasteiger partial charge in [0.05, 0.1) is 0 Å². The minimum atomic E-state index is -4.69. The van der Waals surface area contributed by atoms with Crippen LogP contribution in [0.4, 0.5) is 13.2 Å². The summed E-state index contributed by atoms with van der Waals surface area (Å²) in [5, 5.41) is 3.33. The largest absolute Gasteiger partial charge is 0.483 e. The number of hydrogen-bond donors (Lipinski definition) is 0. The molecule has 5 nitrogen and oxygen atoms in total. The van der Waals surface area contributed by atoms with Gasteiger partial charge in [-0.2, -0.15) is 18.2 Å². The van der Waals surface area contributed by atoms with Crippen molar-refractivity contribution in [3.05, 3.63) is 66.1 Å². The number of Topliss-reactive ketones (excluding diaryl/α,β-unsaturated/α-hetero) is 1. The van der Waals surface area contributed by atoms with Crippen LogP contribution in [-0.2, 0) is 17.4 Å². The van der Waals surface area contributed by atoms with Crippen molar-refractivity contribution in [2.24, 2.45) is 0 Å². The van der Waals surface area contributed by atoms with E-state index in [2.05, 4.69) is 14.7 Å². The van der Waals surface area contributed by atoms with Crippen LogP contribution in [0, 0.1) is 0 Å². The Morgan fingerprint density at radius 2 is 1.78 bits per heavy atom. The summed E-state index contributed by atoms with van der Waals surface area (Å²) in [6.07, 6.45) is -5.18. The standard InChI is InChI=1S/C19H15F3N2O3/c1-12(26-15-5-3-2-4-6-15)16(25)11-13-7-9-14(10-8-13)17-23-18(27-24-17)19(20,21)22/h2-10,12H,11H2,1H3. The molecule has 3 rings (SSSR count). The lowest BCUT2D eigenvalue weighted by molar-refractivity contribution is -0.159. The van der Waals surface area contributed by atoms with Crippen LogP contribution >= 0.6 is 0 Å². The molecule has 1 aromatic heterocycles. The van der Waals surface area contributed by atoms with Gasteiger partial charge in [0, 0.05) is 12.0 Å². The summed E-state index contributed by atoms with van der Waals surface area (Å²) in [6.45, 7) is 1.67. The molecule has 3 aromatic rings. The van der Waals surface area contributed by atoms with E-state index in [1.54, 1.807) is 31.2 Å². The van der Waals surface area contributed by atoms with Crippen LogP contribution in [0.15, 0.2) is 59.1 Å². The number of alkyl halides is 3. The van der Waals surface area contributed by atoms with Crippen LogP contribution < -0.4 is 4.74 Å². The average Bonchev–Trinajstić information content (AvgIpc) is 3.14. The molecule has 1 heterocycles. The van der Waals surface area contributed by atoms with Crippen LogP contribution in [0.3, 0.4) is 0 Å². The van der Waals surface area contributed by atoms with E-state index in [9.17, 15) is 18.0 Å². The molecule has 0 bridgehead atoms. The van der Waals surface area contributed by atoms with Crippen molar-refractivity contribution in [3.63, 3.8) is 0 Å². The Balaban J connectivity index is 1.63. The molecule has 140 valence electrons. The molecule has 1 unspecified atom stereocenters. The number of rotatable bonds is 6. The van der Waals surface area contributed by atoms with E-state index >= 15 is 0 Å². The van der Waals surface area contributed by atoms with E-state index in [0.29, 0.717) is 16.9 Å². The first-order chi connectivity index (χ1) is 12.8. The highest BCUT2D eigenvalue weighted by Gasteiger charge is 2.38. The maximum absolute atomic E-state index is 12.5. The third kappa shape index (κ3) is 4.72. The van der Waals surface area contributed by atoms with E-state index in [-0.39, 0.29) is 18.0 Å². The molecule has 0 N–H and O–H groups in total. The predicted molar refractivity (Wildman–Crippen MR) is 90.0 cm³/mol. The summed E-state index contributed by atoms with van der Waals surface area (Å²) < 4.78 is 47.3. The van der Waals surface area contributed by atoms with Gasteiger partial charge >= 0.3 is 12.1 Å². The molecule has 0 aliphatic rings. The van der Waals surface area contributed by atoms with Crippen molar-refractivity contribution in [2.45, 2.75) is 25.6 Å². The molecule has 0 radical (unpaired) electrons. The van der Waals surface area contributed by atoms with Gasteiger partial charge in [0.2, 0.25) is 5.82 Å². The zero-order chi connectivity index (χ0) is 19.4. The molecule has 27 heavy (non-hydrogen) atoms. The van der Waals surface area contributed by atoms with Gasteiger partial charge in [0.25, 0.3) is 0 Å². The van der Waals surface area contributed by atoms with Gasteiger partial charge in [-0.15, -0.1) is 0 Å². The second-order valence-electron chi connectivity index (χ2n) is 5.83. The van der Waals surface area contributed by atoms with Crippen LogP contribution in [-0.4, -0.2) is 22.0 Å². The second kappa shape index (κ2) is 7.61. The lowest BCUT2D eigenvalue weighted by atomic mass is 10.0. The molecule has 0 fully saturated rings. The van der Waals surface area contributed by atoms with Crippen molar-refractivity contribution in [2.75, 3.05) is 0 Å². The number of para-hydroxylation sites is 1. The molecule has 0 aliphatic heterocycles. The van der Waals surface area contributed by atoms with Gasteiger partial charge in [-0.25, -0.2) is 0 Å². The lowest BCUT2D eigenvalue weighted by Gasteiger charge is -2.13. The van der Waals surface area contributed by atoms with E-state index in [4.69, 9.17) is 4.74 Å². The summed E-state index contributed by atoms with van der Waals surface area (Å²) in [6, 6.07) is 15.3. The number of benzene rings is 2. The molecule has 0 saturated heterocycles.